The first-order chi connectivity index (χ1) is 8.15. The van der Waals surface area contributed by atoms with E-state index in [-0.39, 0.29) is 0 Å². The van der Waals surface area contributed by atoms with Gasteiger partial charge in [-0.3, -0.25) is 0 Å². The predicted octanol–water partition coefficient (Wildman–Crippen LogP) is 3.28. The average Bonchev–Trinajstić information content (AvgIpc) is 2.77. The zero-order valence-corrected chi connectivity index (χ0v) is 10.6. The highest BCUT2D eigenvalue weighted by molar-refractivity contribution is 9.10. The third-order valence-corrected chi connectivity index (χ3v) is 3.59. The Morgan fingerprint density at radius 1 is 1.41 bits per heavy atom. The number of hydrogen-bond acceptors (Lipinski definition) is 1. The summed E-state index contributed by atoms with van der Waals surface area (Å²) < 4.78 is 3.22. The number of aryl methyl sites for hydroxylation is 1. The maximum Gasteiger partial charge on any atom is 0.328 e. The minimum Gasteiger partial charge on any atom is -0.478 e. The number of aliphatic carboxylic acids is 1. The van der Waals surface area contributed by atoms with Gasteiger partial charge >= 0.3 is 5.97 Å². The van der Waals surface area contributed by atoms with Gasteiger partial charge < -0.3 is 9.67 Å². The van der Waals surface area contributed by atoms with E-state index >= 15 is 0 Å². The second kappa shape index (κ2) is 3.74. The molecule has 0 fully saturated rings. The topological polar surface area (TPSA) is 42.2 Å². The molecule has 0 amide bonds. The van der Waals surface area contributed by atoms with Crippen molar-refractivity contribution in [2.24, 2.45) is 0 Å². The Morgan fingerprint density at radius 2 is 2.24 bits per heavy atom. The number of allylic oxidation sites excluding steroid dienone is 1. The van der Waals surface area contributed by atoms with Gasteiger partial charge in [-0.1, -0.05) is 15.9 Å². The number of carbonyl (C=O) groups is 1. The Balaban J connectivity index is 2.22. The largest absolute Gasteiger partial charge is 0.478 e. The second-order valence-electron chi connectivity index (χ2n) is 4.14. The van der Waals surface area contributed by atoms with Crippen LogP contribution in [0.15, 0.2) is 34.8 Å². The third-order valence-electron chi connectivity index (χ3n) is 3.09. The average molecular weight is 292 g/mol. The second-order valence-corrected chi connectivity index (χ2v) is 5.06. The molecule has 86 valence electrons. The van der Waals surface area contributed by atoms with E-state index in [1.807, 2.05) is 6.07 Å². The van der Waals surface area contributed by atoms with Gasteiger partial charge in [0, 0.05) is 33.7 Å². The quantitative estimate of drug-likeness (QED) is 0.820. The minimum atomic E-state index is -0.875. The van der Waals surface area contributed by atoms with Gasteiger partial charge in [0.15, 0.2) is 0 Å². The van der Waals surface area contributed by atoms with Gasteiger partial charge in [-0.2, -0.15) is 0 Å². The lowest BCUT2D eigenvalue weighted by Gasteiger charge is -1.99. The highest BCUT2D eigenvalue weighted by Gasteiger charge is 2.19. The third kappa shape index (κ3) is 1.69. The number of carboxylic acids is 1. The van der Waals surface area contributed by atoms with Crippen molar-refractivity contribution in [1.82, 2.24) is 4.57 Å². The lowest BCUT2D eigenvalue weighted by Crippen LogP contribution is -1.91. The van der Waals surface area contributed by atoms with Crippen LogP contribution in [0.3, 0.4) is 0 Å². The van der Waals surface area contributed by atoms with Crippen molar-refractivity contribution < 1.29 is 9.90 Å². The van der Waals surface area contributed by atoms with Gasteiger partial charge in [-0.05, 0) is 36.3 Å². The molecule has 0 saturated carbocycles. The summed E-state index contributed by atoms with van der Waals surface area (Å²) in [6.07, 6.45) is 2.11. The number of aromatic nitrogens is 1. The van der Waals surface area contributed by atoms with Crippen molar-refractivity contribution >= 4 is 38.4 Å². The maximum atomic E-state index is 10.7. The van der Waals surface area contributed by atoms with E-state index in [4.69, 9.17) is 5.11 Å². The van der Waals surface area contributed by atoms with E-state index < -0.39 is 5.97 Å². The standard InChI is InChI=1S/C13H10BrNO2/c14-10-1-2-11-9(5-10)6-12-8(7-13(16)17)3-4-15(11)12/h1-2,5-7H,3-4H2,(H,16,17)/b8-7+. The van der Waals surface area contributed by atoms with E-state index in [0.29, 0.717) is 0 Å². The minimum absolute atomic E-state index is 0.799. The van der Waals surface area contributed by atoms with Gasteiger partial charge in [0.05, 0.1) is 0 Å². The number of carboxylic acid groups (broad SMARTS) is 1. The van der Waals surface area contributed by atoms with Crippen LogP contribution in [0.1, 0.15) is 12.1 Å². The number of fused-ring (bicyclic) bond motifs is 3. The molecule has 1 aliphatic heterocycles. The van der Waals surface area contributed by atoms with Crippen LogP contribution in [0.2, 0.25) is 0 Å². The van der Waals surface area contributed by atoms with E-state index in [9.17, 15) is 4.79 Å². The molecule has 0 unspecified atom stereocenters. The van der Waals surface area contributed by atoms with Crippen LogP contribution < -0.4 is 0 Å². The zero-order valence-electron chi connectivity index (χ0n) is 8.98. The van der Waals surface area contributed by atoms with Crippen LogP contribution in [0.5, 0.6) is 0 Å². The molecule has 1 aromatic heterocycles. The number of rotatable bonds is 1. The molecule has 0 atom stereocenters. The van der Waals surface area contributed by atoms with Crippen LogP contribution in [0.25, 0.3) is 16.5 Å². The van der Waals surface area contributed by atoms with Gasteiger partial charge in [0.25, 0.3) is 0 Å². The fourth-order valence-electron chi connectivity index (χ4n) is 2.40. The molecular weight excluding hydrogens is 282 g/mol. The fraction of sp³-hybridized carbons (Fsp3) is 0.154. The number of benzene rings is 1. The first kappa shape index (κ1) is 10.6. The van der Waals surface area contributed by atoms with Gasteiger partial charge in [-0.15, -0.1) is 0 Å². The van der Waals surface area contributed by atoms with Crippen molar-refractivity contribution in [3.8, 4) is 0 Å². The zero-order chi connectivity index (χ0) is 12.0. The first-order valence-corrected chi connectivity index (χ1v) is 6.17. The van der Waals surface area contributed by atoms with Crippen LogP contribution in [0.4, 0.5) is 0 Å². The molecule has 3 nitrogen and oxygen atoms in total. The SMILES string of the molecule is O=C(O)/C=C1\CCn2c1cc1cc(Br)ccc12. The molecular formula is C13H10BrNO2. The number of hydrogen-bond donors (Lipinski definition) is 1. The van der Waals surface area contributed by atoms with Crippen LogP contribution in [-0.2, 0) is 11.3 Å². The summed E-state index contributed by atoms with van der Waals surface area (Å²) in [6.45, 7) is 0.861. The predicted molar refractivity (Wildman–Crippen MR) is 69.9 cm³/mol. The van der Waals surface area contributed by atoms with Gasteiger partial charge in [0.2, 0.25) is 0 Å². The van der Waals surface area contributed by atoms with E-state index in [0.717, 1.165) is 39.6 Å². The molecule has 2 heterocycles. The normalized spacial score (nSPS) is 16.6. The van der Waals surface area contributed by atoms with Crippen molar-refractivity contribution in [3.63, 3.8) is 0 Å². The van der Waals surface area contributed by atoms with E-state index in [2.05, 4.69) is 38.7 Å². The summed E-state index contributed by atoms with van der Waals surface area (Å²) in [5.41, 5.74) is 3.10. The first-order valence-electron chi connectivity index (χ1n) is 5.38. The van der Waals surface area contributed by atoms with Crippen molar-refractivity contribution in [3.05, 3.63) is 40.5 Å². The van der Waals surface area contributed by atoms with Crippen molar-refractivity contribution in [1.29, 1.82) is 0 Å². The summed E-state index contributed by atoms with van der Waals surface area (Å²) >= 11 is 3.44. The molecule has 1 aliphatic rings. The smallest absolute Gasteiger partial charge is 0.328 e. The van der Waals surface area contributed by atoms with Crippen molar-refractivity contribution in [2.45, 2.75) is 13.0 Å². The summed E-state index contributed by atoms with van der Waals surface area (Å²) in [7, 11) is 0. The van der Waals surface area contributed by atoms with Crippen molar-refractivity contribution in [2.75, 3.05) is 0 Å². The Labute approximate surface area is 106 Å². The molecule has 0 aliphatic carbocycles. The van der Waals surface area contributed by atoms with E-state index in [1.165, 1.54) is 6.08 Å². The Hall–Kier alpha value is -1.55. The van der Waals surface area contributed by atoms with E-state index in [1.54, 1.807) is 0 Å². The molecule has 3 rings (SSSR count). The molecule has 2 aromatic rings. The van der Waals surface area contributed by atoms with Crippen LogP contribution in [-0.4, -0.2) is 15.6 Å². The Kier molecular flexibility index (Phi) is 2.33. The molecule has 1 N–H and O–H groups in total. The molecule has 17 heavy (non-hydrogen) atoms. The summed E-state index contributed by atoms with van der Waals surface area (Å²) in [4.78, 5) is 10.7. The van der Waals surface area contributed by atoms with Gasteiger partial charge in [-0.25, -0.2) is 4.79 Å². The lowest BCUT2D eigenvalue weighted by molar-refractivity contribution is -0.131. The molecule has 0 spiro atoms. The lowest BCUT2D eigenvalue weighted by atomic mass is 10.1. The highest BCUT2D eigenvalue weighted by Crippen LogP contribution is 2.34. The highest BCUT2D eigenvalue weighted by atomic mass is 79.9. The Morgan fingerprint density at radius 3 is 3.00 bits per heavy atom. The fourth-order valence-corrected chi connectivity index (χ4v) is 2.78. The number of nitrogens with zero attached hydrogens (tertiary/aromatic N) is 1. The summed E-state index contributed by atoms with van der Waals surface area (Å²) in [5.74, 6) is -0.875. The van der Waals surface area contributed by atoms with Crippen LogP contribution in [0, 0.1) is 0 Å². The van der Waals surface area contributed by atoms with Crippen LogP contribution >= 0.6 is 15.9 Å². The molecule has 1 aromatic carbocycles. The maximum absolute atomic E-state index is 10.7. The molecule has 0 saturated heterocycles. The number of halogens is 1. The molecule has 0 bridgehead atoms. The molecule has 4 heteroatoms. The summed E-state index contributed by atoms with van der Waals surface area (Å²) in [5, 5.41) is 9.97. The molecule has 0 radical (unpaired) electrons. The van der Waals surface area contributed by atoms with Gasteiger partial charge in [0.1, 0.15) is 0 Å². The summed E-state index contributed by atoms with van der Waals surface area (Å²) in [6, 6.07) is 8.18. The monoisotopic (exact) mass is 291 g/mol. The Bertz CT molecular complexity index is 655.